The Morgan fingerprint density at radius 2 is 2.29 bits per heavy atom. The Kier molecular flexibility index (Phi) is 5.76. The van der Waals surface area contributed by atoms with E-state index in [1.54, 1.807) is 17.8 Å². The molecule has 0 saturated carbocycles. The van der Waals surface area contributed by atoms with Crippen LogP contribution in [-0.4, -0.2) is 41.6 Å². The number of esters is 1. The SMILES string of the molecule is CCOC(=O)c1cnn(C)c1CNC(C)C1CCOCC1. The number of nitrogens with one attached hydrogen (secondary N) is 1. The molecule has 2 rings (SSSR count). The zero-order valence-corrected chi connectivity index (χ0v) is 13.1. The van der Waals surface area contributed by atoms with E-state index in [1.165, 1.54) is 0 Å². The van der Waals surface area contributed by atoms with Crippen molar-refractivity contribution in [1.29, 1.82) is 0 Å². The number of hydrogen-bond donors (Lipinski definition) is 1. The summed E-state index contributed by atoms with van der Waals surface area (Å²) in [6.45, 7) is 6.67. The van der Waals surface area contributed by atoms with Gasteiger partial charge in [-0.1, -0.05) is 0 Å². The highest BCUT2D eigenvalue weighted by Crippen LogP contribution is 2.19. The Balaban J connectivity index is 1.95. The Bertz CT molecular complexity index is 467. The summed E-state index contributed by atoms with van der Waals surface area (Å²) < 4.78 is 12.2. The molecule has 0 spiro atoms. The second kappa shape index (κ2) is 7.56. The van der Waals surface area contributed by atoms with Gasteiger partial charge in [-0.25, -0.2) is 4.79 Å². The number of carbonyl (C=O) groups excluding carboxylic acids is 1. The molecule has 6 nitrogen and oxygen atoms in total. The van der Waals surface area contributed by atoms with Crippen LogP contribution in [0.4, 0.5) is 0 Å². The molecular formula is C15H25N3O3. The van der Waals surface area contributed by atoms with Gasteiger partial charge in [0.05, 0.1) is 18.5 Å². The summed E-state index contributed by atoms with van der Waals surface area (Å²) in [6, 6.07) is 0.388. The summed E-state index contributed by atoms with van der Waals surface area (Å²) in [7, 11) is 1.85. The highest BCUT2D eigenvalue weighted by atomic mass is 16.5. The standard InChI is InChI=1S/C15H25N3O3/c1-4-21-15(19)13-9-17-18(3)14(13)10-16-11(2)12-5-7-20-8-6-12/h9,11-12,16H,4-8,10H2,1-3H3. The fourth-order valence-corrected chi connectivity index (χ4v) is 2.69. The van der Waals surface area contributed by atoms with Crippen molar-refractivity contribution in [3.63, 3.8) is 0 Å². The van der Waals surface area contributed by atoms with Crippen LogP contribution in [0.1, 0.15) is 42.7 Å². The van der Waals surface area contributed by atoms with Crippen molar-refractivity contribution in [2.75, 3.05) is 19.8 Å². The molecule has 2 heterocycles. The number of carbonyl (C=O) groups is 1. The van der Waals surface area contributed by atoms with Gasteiger partial charge < -0.3 is 14.8 Å². The average molecular weight is 295 g/mol. The monoisotopic (exact) mass is 295 g/mol. The summed E-state index contributed by atoms with van der Waals surface area (Å²) in [5.41, 5.74) is 1.42. The second-order valence-corrected chi connectivity index (χ2v) is 5.47. The minimum absolute atomic E-state index is 0.305. The van der Waals surface area contributed by atoms with Crippen molar-refractivity contribution in [2.45, 2.75) is 39.3 Å². The maximum absolute atomic E-state index is 11.9. The Morgan fingerprint density at radius 3 is 2.95 bits per heavy atom. The van der Waals surface area contributed by atoms with E-state index < -0.39 is 0 Å². The van der Waals surface area contributed by atoms with Gasteiger partial charge >= 0.3 is 5.97 Å². The first-order chi connectivity index (χ1) is 10.1. The molecule has 0 aromatic carbocycles. The van der Waals surface area contributed by atoms with E-state index in [1.807, 2.05) is 7.05 Å². The number of rotatable bonds is 6. The maximum Gasteiger partial charge on any atom is 0.341 e. The summed E-state index contributed by atoms with van der Waals surface area (Å²) in [5.74, 6) is 0.319. The van der Waals surface area contributed by atoms with Crippen LogP contribution >= 0.6 is 0 Å². The van der Waals surface area contributed by atoms with Gasteiger partial charge in [-0.2, -0.15) is 5.10 Å². The number of ether oxygens (including phenoxy) is 2. The van der Waals surface area contributed by atoms with Crippen LogP contribution < -0.4 is 5.32 Å². The Morgan fingerprint density at radius 1 is 1.57 bits per heavy atom. The summed E-state index contributed by atoms with van der Waals surface area (Å²) in [4.78, 5) is 11.9. The van der Waals surface area contributed by atoms with Gasteiger partial charge in [0, 0.05) is 32.8 Å². The van der Waals surface area contributed by atoms with Crippen LogP contribution in [0.5, 0.6) is 0 Å². The lowest BCUT2D eigenvalue weighted by Gasteiger charge is -2.28. The first kappa shape index (κ1) is 16.0. The van der Waals surface area contributed by atoms with Gasteiger partial charge in [0.2, 0.25) is 0 Å². The molecule has 1 fully saturated rings. The Hall–Kier alpha value is -1.40. The third-order valence-corrected chi connectivity index (χ3v) is 4.12. The predicted octanol–water partition coefficient (Wildman–Crippen LogP) is 1.50. The van der Waals surface area contributed by atoms with E-state index >= 15 is 0 Å². The molecule has 0 amide bonds. The highest BCUT2D eigenvalue weighted by molar-refractivity contribution is 5.90. The minimum Gasteiger partial charge on any atom is -0.462 e. The topological polar surface area (TPSA) is 65.4 Å². The molecule has 0 radical (unpaired) electrons. The summed E-state index contributed by atoms with van der Waals surface area (Å²) >= 11 is 0. The van der Waals surface area contributed by atoms with Crippen molar-refractivity contribution in [3.05, 3.63) is 17.5 Å². The molecule has 1 N–H and O–H groups in total. The van der Waals surface area contributed by atoms with Crippen molar-refractivity contribution >= 4 is 5.97 Å². The zero-order valence-electron chi connectivity index (χ0n) is 13.1. The van der Waals surface area contributed by atoms with Crippen LogP contribution in [0, 0.1) is 5.92 Å². The lowest BCUT2D eigenvalue weighted by atomic mass is 9.93. The van der Waals surface area contributed by atoms with E-state index in [9.17, 15) is 4.79 Å². The van der Waals surface area contributed by atoms with Crippen molar-refractivity contribution in [2.24, 2.45) is 13.0 Å². The first-order valence-corrected chi connectivity index (χ1v) is 7.62. The second-order valence-electron chi connectivity index (χ2n) is 5.47. The van der Waals surface area contributed by atoms with Crippen molar-refractivity contribution < 1.29 is 14.3 Å². The number of aromatic nitrogens is 2. The summed E-state index contributed by atoms with van der Waals surface area (Å²) in [5, 5.41) is 7.67. The fraction of sp³-hybridized carbons (Fsp3) is 0.733. The molecule has 1 aliphatic heterocycles. The van der Waals surface area contributed by atoms with Gasteiger partial charge in [0.1, 0.15) is 5.56 Å². The molecule has 1 atom stereocenters. The molecule has 1 saturated heterocycles. The number of nitrogens with zero attached hydrogens (tertiary/aromatic N) is 2. The molecule has 21 heavy (non-hydrogen) atoms. The fourth-order valence-electron chi connectivity index (χ4n) is 2.69. The largest absolute Gasteiger partial charge is 0.462 e. The lowest BCUT2D eigenvalue weighted by molar-refractivity contribution is 0.0523. The van der Waals surface area contributed by atoms with Gasteiger partial charge in [0.15, 0.2) is 0 Å². The van der Waals surface area contributed by atoms with Crippen LogP contribution in [-0.2, 0) is 23.1 Å². The quantitative estimate of drug-likeness (QED) is 0.806. The van der Waals surface area contributed by atoms with Gasteiger partial charge in [-0.3, -0.25) is 4.68 Å². The van der Waals surface area contributed by atoms with Crippen LogP contribution in [0.15, 0.2) is 6.20 Å². The molecule has 1 aromatic heterocycles. The molecule has 118 valence electrons. The molecule has 1 unspecified atom stereocenters. The van der Waals surface area contributed by atoms with Crippen LogP contribution in [0.3, 0.4) is 0 Å². The molecule has 0 bridgehead atoms. The maximum atomic E-state index is 11.9. The Labute approximate surface area is 125 Å². The third kappa shape index (κ3) is 4.04. The third-order valence-electron chi connectivity index (χ3n) is 4.12. The van der Waals surface area contributed by atoms with E-state index in [4.69, 9.17) is 9.47 Å². The van der Waals surface area contributed by atoms with Crippen molar-refractivity contribution in [3.8, 4) is 0 Å². The van der Waals surface area contributed by atoms with Crippen molar-refractivity contribution in [1.82, 2.24) is 15.1 Å². The van der Waals surface area contributed by atoms with Crippen LogP contribution in [0.2, 0.25) is 0 Å². The van der Waals surface area contributed by atoms with Gasteiger partial charge in [-0.05, 0) is 32.6 Å². The normalized spacial score (nSPS) is 17.7. The number of hydrogen-bond acceptors (Lipinski definition) is 5. The van der Waals surface area contributed by atoms with Gasteiger partial charge in [0.25, 0.3) is 0 Å². The van der Waals surface area contributed by atoms with E-state index in [-0.39, 0.29) is 5.97 Å². The first-order valence-electron chi connectivity index (χ1n) is 7.62. The molecule has 6 heteroatoms. The van der Waals surface area contributed by atoms with E-state index in [2.05, 4.69) is 17.3 Å². The predicted molar refractivity (Wildman–Crippen MR) is 79.0 cm³/mol. The van der Waals surface area contributed by atoms with Crippen LogP contribution in [0.25, 0.3) is 0 Å². The molecular weight excluding hydrogens is 270 g/mol. The molecule has 1 aromatic rings. The van der Waals surface area contributed by atoms with E-state index in [0.29, 0.717) is 30.7 Å². The molecule has 0 aliphatic carbocycles. The zero-order chi connectivity index (χ0) is 15.2. The average Bonchev–Trinajstić information content (AvgIpc) is 2.87. The lowest BCUT2D eigenvalue weighted by Crippen LogP contribution is -2.37. The smallest absolute Gasteiger partial charge is 0.341 e. The molecule has 1 aliphatic rings. The van der Waals surface area contributed by atoms with E-state index in [0.717, 1.165) is 31.7 Å². The van der Waals surface area contributed by atoms with Gasteiger partial charge in [-0.15, -0.1) is 0 Å². The highest BCUT2D eigenvalue weighted by Gasteiger charge is 2.22. The number of aryl methyl sites for hydroxylation is 1. The summed E-state index contributed by atoms with van der Waals surface area (Å²) in [6.07, 6.45) is 3.75. The minimum atomic E-state index is -0.305.